The van der Waals surface area contributed by atoms with Gasteiger partial charge in [-0.05, 0) is 128 Å². The topological polar surface area (TPSA) is 15.7 Å². The molecule has 3 nitrogen and oxygen atoms in total. The van der Waals surface area contributed by atoms with Crippen LogP contribution >= 0.6 is 0 Å². The van der Waals surface area contributed by atoms with E-state index in [1.807, 2.05) is 0 Å². The zero-order chi connectivity index (χ0) is 45.0. The smallest absolute Gasteiger partial charge is 0.138 e. The minimum absolute atomic E-state index is 0.542. The Hall–Kier alpha value is -8.92. The van der Waals surface area contributed by atoms with Crippen LogP contribution in [0.5, 0.6) is 11.5 Å². The average molecular weight is 869 g/mol. The first-order chi connectivity index (χ1) is 33.7. The van der Waals surface area contributed by atoms with Gasteiger partial charge in [-0.2, -0.15) is 0 Å². The van der Waals surface area contributed by atoms with Crippen LogP contribution in [0.1, 0.15) is 22.3 Å². The first-order valence-corrected chi connectivity index (χ1v) is 23.3. The molecule has 320 valence electrons. The van der Waals surface area contributed by atoms with Crippen molar-refractivity contribution in [2.75, 3.05) is 9.80 Å². The predicted octanol–water partition coefficient (Wildman–Crippen LogP) is 17.6. The van der Waals surface area contributed by atoms with E-state index in [-0.39, 0.29) is 0 Å². The molecule has 0 amide bonds. The summed E-state index contributed by atoms with van der Waals surface area (Å²) >= 11 is 0. The standard InChI is InChI=1S/C65H44N2O/c1-6-19-45(20-7-1)46-33-35-52(36-34-46)67(54-37-39-57-56-30-16-17-32-60(56)65(61(57)43-54,48-22-8-2-9-23-48)49-24-10-3-11-25-49)55-41-47-21-18-31-58-59-42-53(38-40-62(59)68-63(44-55)64(47)58)66(50-26-12-4-13-27-50)51-28-14-5-15-29-51/h1-44H. The summed E-state index contributed by atoms with van der Waals surface area (Å²) in [6.45, 7) is 0. The Bertz CT molecular complexity index is 3550. The second kappa shape index (κ2) is 16.2. The summed E-state index contributed by atoms with van der Waals surface area (Å²) in [6, 6.07) is 96.5. The normalized spacial score (nSPS) is 12.6. The quantitative estimate of drug-likeness (QED) is 0.144. The van der Waals surface area contributed by atoms with Crippen LogP contribution < -0.4 is 14.5 Å². The van der Waals surface area contributed by atoms with Crippen molar-refractivity contribution in [1.82, 2.24) is 0 Å². The third-order valence-corrected chi connectivity index (χ3v) is 13.9. The van der Waals surface area contributed by atoms with Crippen LogP contribution in [0, 0.1) is 0 Å². The number of para-hydroxylation sites is 2. The minimum Gasteiger partial charge on any atom is -0.456 e. The van der Waals surface area contributed by atoms with Gasteiger partial charge in [0.15, 0.2) is 0 Å². The molecule has 0 radical (unpaired) electrons. The number of nitrogens with zero attached hydrogens (tertiary/aromatic N) is 2. The number of fused-ring (bicyclic) bond motifs is 5. The van der Waals surface area contributed by atoms with E-state index in [4.69, 9.17) is 4.74 Å². The lowest BCUT2D eigenvalue weighted by atomic mass is 9.67. The Morgan fingerprint density at radius 2 is 0.779 bits per heavy atom. The van der Waals surface area contributed by atoms with E-state index in [2.05, 4.69) is 277 Å². The molecule has 13 rings (SSSR count). The molecule has 0 aromatic heterocycles. The molecule has 1 aliphatic carbocycles. The van der Waals surface area contributed by atoms with Gasteiger partial charge in [0.2, 0.25) is 0 Å². The first-order valence-electron chi connectivity index (χ1n) is 23.3. The number of benzene rings is 11. The first kappa shape index (κ1) is 39.4. The molecule has 1 aliphatic heterocycles. The summed E-state index contributed by atoms with van der Waals surface area (Å²) in [5.41, 5.74) is 17.9. The molecule has 0 bridgehead atoms. The minimum atomic E-state index is -0.542. The number of ether oxygens (including phenoxy) is 1. The van der Waals surface area contributed by atoms with Crippen LogP contribution in [0.4, 0.5) is 34.1 Å². The Labute approximate surface area is 397 Å². The molecule has 11 aromatic rings. The molecule has 0 saturated heterocycles. The molecule has 11 aromatic carbocycles. The number of hydrogen-bond donors (Lipinski definition) is 0. The summed E-state index contributed by atoms with van der Waals surface area (Å²) in [5, 5.41) is 2.21. The monoisotopic (exact) mass is 868 g/mol. The number of anilines is 6. The van der Waals surface area contributed by atoms with E-state index < -0.39 is 5.41 Å². The Morgan fingerprint density at radius 3 is 1.46 bits per heavy atom. The number of hydrogen-bond acceptors (Lipinski definition) is 3. The molecular formula is C65H44N2O. The lowest BCUT2D eigenvalue weighted by molar-refractivity contribution is 0.487. The van der Waals surface area contributed by atoms with Crippen LogP contribution in [-0.2, 0) is 5.41 Å². The largest absolute Gasteiger partial charge is 0.456 e. The maximum Gasteiger partial charge on any atom is 0.138 e. The summed E-state index contributed by atoms with van der Waals surface area (Å²) in [5.74, 6) is 1.66. The van der Waals surface area contributed by atoms with E-state index in [0.717, 1.165) is 67.5 Å². The second-order valence-corrected chi connectivity index (χ2v) is 17.6. The highest BCUT2D eigenvalue weighted by molar-refractivity contribution is 6.07. The fraction of sp³-hybridized carbons (Fsp3) is 0.0154. The summed E-state index contributed by atoms with van der Waals surface area (Å²) in [6.07, 6.45) is 0. The molecule has 0 N–H and O–H groups in total. The highest BCUT2D eigenvalue weighted by Gasteiger charge is 2.46. The molecule has 3 heteroatoms. The van der Waals surface area contributed by atoms with Gasteiger partial charge in [0.05, 0.1) is 11.1 Å². The van der Waals surface area contributed by atoms with Crippen LogP contribution in [0.25, 0.3) is 44.2 Å². The van der Waals surface area contributed by atoms with Crippen molar-refractivity contribution >= 4 is 44.9 Å². The van der Waals surface area contributed by atoms with Gasteiger partial charge in [-0.3, -0.25) is 0 Å². The third kappa shape index (κ3) is 6.35. The van der Waals surface area contributed by atoms with Gasteiger partial charge in [0, 0.05) is 45.5 Å². The molecule has 0 unspecified atom stereocenters. The van der Waals surface area contributed by atoms with Gasteiger partial charge >= 0.3 is 0 Å². The lowest BCUT2D eigenvalue weighted by Gasteiger charge is -2.35. The SMILES string of the molecule is c1ccc(-c2ccc(N(c3ccc4c(c3)C(c3ccccc3)(c3ccccc3)c3ccccc3-4)c3cc4c5c(cccc5c3)-c3cc(N(c5ccccc5)c5ccccc5)ccc3O4)cc2)cc1. The van der Waals surface area contributed by atoms with Gasteiger partial charge in [-0.15, -0.1) is 0 Å². The van der Waals surface area contributed by atoms with Gasteiger partial charge < -0.3 is 14.5 Å². The number of rotatable bonds is 9. The molecule has 2 aliphatic rings. The van der Waals surface area contributed by atoms with Crippen LogP contribution in [0.3, 0.4) is 0 Å². The lowest BCUT2D eigenvalue weighted by Crippen LogP contribution is -2.28. The highest BCUT2D eigenvalue weighted by atomic mass is 16.5. The van der Waals surface area contributed by atoms with Gasteiger partial charge in [0.25, 0.3) is 0 Å². The van der Waals surface area contributed by atoms with Crippen molar-refractivity contribution < 1.29 is 4.74 Å². The van der Waals surface area contributed by atoms with Crippen molar-refractivity contribution in [3.05, 3.63) is 289 Å². The van der Waals surface area contributed by atoms with E-state index in [9.17, 15) is 0 Å². The van der Waals surface area contributed by atoms with Crippen molar-refractivity contribution in [1.29, 1.82) is 0 Å². The fourth-order valence-corrected chi connectivity index (χ4v) is 10.9. The van der Waals surface area contributed by atoms with Gasteiger partial charge in [0.1, 0.15) is 11.5 Å². The zero-order valence-electron chi connectivity index (χ0n) is 37.2. The molecule has 0 spiro atoms. The Morgan fingerprint density at radius 1 is 0.279 bits per heavy atom. The van der Waals surface area contributed by atoms with E-state index in [0.29, 0.717) is 0 Å². The average Bonchev–Trinajstić information content (AvgIpc) is 3.71. The van der Waals surface area contributed by atoms with Gasteiger partial charge in [-0.25, -0.2) is 0 Å². The second-order valence-electron chi connectivity index (χ2n) is 17.6. The Balaban J connectivity index is 0.997. The van der Waals surface area contributed by atoms with Crippen molar-refractivity contribution in [2.24, 2.45) is 0 Å². The molecule has 0 atom stereocenters. The van der Waals surface area contributed by atoms with E-state index >= 15 is 0 Å². The summed E-state index contributed by atoms with van der Waals surface area (Å²) in [4.78, 5) is 4.71. The maximum absolute atomic E-state index is 7.06. The summed E-state index contributed by atoms with van der Waals surface area (Å²) < 4.78 is 7.06. The van der Waals surface area contributed by atoms with Crippen molar-refractivity contribution in [3.63, 3.8) is 0 Å². The van der Waals surface area contributed by atoms with E-state index in [1.165, 1.54) is 44.5 Å². The van der Waals surface area contributed by atoms with Crippen LogP contribution in [-0.4, -0.2) is 0 Å². The summed E-state index contributed by atoms with van der Waals surface area (Å²) in [7, 11) is 0. The molecule has 0 saturated carbocycles. The fourth-order valence-electron chi connectivity index (χ4n) is 10.9. The van der Waals surface area contributed by atoms with Crippen molar-refractivity contribution in [3.8, 4) is 44.9 Å². The molecule has 0 fully saturated rings. The third-order valence-electron chi connectivity index (χ3n) is 13.9. The van der Waals surface area contributed by atoms with Crippen molar-refractivity contribution in [2.45, 2.75) is 5.41 Å². The van der Waals surface area contributed by atoms with Gasteiger partial charge in [-0.1, -0.05) is 188 Å². The van der Waals surface area contributed by atoms with Crippen LogP contribution in [0.15, 0.2) is 267 Å². The zero-order valence-corrected chi connectivity index (χ0v) is 37.2. The maximum atomic E-state index is 7.06. The molecular weight excluding hydrogens is 825 g/mol. The Kier molecular flexibility index (Phi) is 9.40. The van der Waals surface area contributed by atoms with Crippen LogP contribution in [0.2, 0.25) is 0 Å². The molecule has 68 heavy (non-hydrogen) atoms. The predicted molar refractivity (Wildman–Crippen MR) is 282 cm³/mol. The van der Waals surface area contributed by atoms with E-state index in [1.54, 1.807) is 0 Å². The molecule has 1 heterocycles. The highest BCUT2D eigenvalue weighted by Crippen LogP contribution is 2.58.